The molecule has 2 atom stereocenters. The molecule has 5 N–H and O–H groups in total. The number of benzene rings is 1. The largest absolute Gasteiger partial charge is 0.493 e. The highest BCUT2D eigenvalue weighted by Crippen LogP contribution is 2.32. The van der Waals surface area contributed by atoms with Gasteiger partial charge in [-0.1, -0.05) is 17.4 Å². The standard InChI is InChI=1S/C17H21N5O5S.CH2O2/c1-25-10-4-3-9(7-11(10)26-2)14-15(27-8-12(23)20-14)16(24)19-6-5-13-21-22-17(18)28-13;2-1-3/h3-4,7,14-15H,5-6,8H2,1-2H3,(H2,18,22)(H,19,24)(H,20,23);1H,(H,2,3)/t14-,15+;/m1./s1. The molecule has 2 aromatic rings. The van der Waals surface area contributed by atoms with Gasteiger partial charge in [-0.05, 0) is 17.7 Å². The number of hydrogen-bond acceptors (Lipinski definition) is 10. The highest BCUT2D eigenvalue weighted by molar-refractivity contribution is 7.15. The number of amides is 2. The molecule has 0 saturated carbocycles. The predicted molar refractivity (Wildman–Crippen MR) is 110 cm³/mol. The second-order valence-electron chi connectivity index (χ2n) is 6.07. The topological polar surface area (TPSA) is 175 Å². The minimum atomic E-state index is -0.879. The zero-order chi connectivity index (χ0) is 22.8. The van der Waals surface area contributed by atoms with Crippen LogP contribution in [0.2, 0.25) is 0 Å². The van der Waals surface area contributed by atoms with Crippen LogP contribution in [0.4, 0.5) is 5.13 Å². The second-order valence-corrected chi connectivity index (χ2v) is 7.17. The lowest BCUT2D eigenvalue weighted by molar-refractivity contribution is -0.148. The molecule has 1 fully saturated rings. The van der Waals surface area contributed by atoms with E-state index in [9.17, 15) is 9.59 Å². The normalized spacial score (nSPS) is 17.5. The number of carbonyl (C=O) groups excluding carboxylic acids is 2. The number of ether oxygens (including phenoxy) is 3. The van der Waals surface area contributed by atoms with E-state index in [2.05, 4.69) is 20.8 Å². The Bertz CT molecular complexity index is 907. The molecule has 2 heterocycles. The van der Waals surface area contributed by atoms with Crippen molar-refractivity contribution in [3.05, 3.63) is 28.8 Å². The number of rotatable bonds is 7. The number of nitrogens with zero attached hydrogens (tertiary/aromatic N) is 2. The van der Waals surface area contributed by atoms with Crippen LogP contribution in [0.25, 0.3) is 0 Å². The SMILES string of the molecule is COc1ccc([C@H]2NC(=O)CO[C@@H]2C(=O)NCCc2nnc(N)s2)cc1OC.O=CO. The molecule has 2 amide bonds. The van der Waals surface area contributed by atoms with Gasteiger partial charge in [-0.3, -0.25) is 14.4 Å². The first kappa shape index (κ1) is 23.8. The molecular weight excluding hydrogens is 430 g/mol. The van der Waals surface area contributed by atoms with Crippen LogP contribution in [0.5, 0.6) is 11.5 Å². The number of methoxy groups -OCH3 is 2. The van der Waals surface area contributed by atoms with E-state index in [0.717, 1.165) is 5.01 Å². The summed E-state index contributed by atoms with van der Waals surface area (Å²) >= 11 is 1.27. The van der Waals surface area contributed by atoms with Crippen LogP contribution >= 0.6 is 11.3 Å². The zero-order valence-corrected chi connectivity index (χ0v) is 17.7. The highest BCUT2D eigenvalue weighted by Gasteiger charge is 2.36. The maximum atomic E-state index is 12.7. The van der Waals surface area contributed by atoms with Crippen molar-refractivity contribution in [2.75, 3.05) is 33.1 Å². The highest BCUT2D eigenvalue weighted by atomic mass is 32.1. The van der Waals surface area contributed by atoms with Crippen molar-refractivity contribution in [3.63, 3.8) is 0 Å². The molecule has 13 heteroatoms. The van der Waals surface area contributed by atoms with E-state index in [1.807, 2.05) is 0 Å². The Labute approximate surface area is 181 Å². The van der Waals surface area contributed by atoms with Crippen LogP contribution in [0.1, 0.15) is 16.6 Å². The third-order valence-electron chi connectivity index (χ3n) is 4.16. The first-order chi connectivity index (χ1) is 14.9. The van der Waals surface area contributed by atoms with Crippen molar-refractivity contribution in [2.24, 2.45) is 0 Å². The summed E-state index contributed by atoms with van der Waals surface area (Å²) < 4.78 is 16.0. The Balaban J connectivity index is 0.00000107. The van der Waals surface area contributed by atoms with E-state index < -0.39 is 12.1 Å². The summed E-state index contributed by atoms with van der Waals surface area (Å²) in [6.45, 7) is -0.0886. The first-order valence-corrected chi connectivity index (χ1v) is 9.81. The van der Waals surface area contributed by atoms with Crippen LogP contribution in [0, 0.1) is 0 Å². The number of nitrogens with two attached hydrogens (primary N) is 1. The molecule has 1 aromatic carbocycles. The molecule has 3 rings (SSSR count). The predicted octanol–water partition coefficient (Wildman–Crippen LogP) is -0.247. The Hall–Kier alpha value is -3.45. The fourth-order valence-electron chi connectivity index (χ4n) is 2.84. The van der Waals surface area contributed by atoms with Gasteiger partial charge in [0.25, 0.3) is 12.4 Å². The fraction of sp³-hybridized carbons (Fsp3) is 0.389. The zero-order valence-electron chi connectivity index (χ0n) is 16.9. The molecule has 0 spiro atoms. The number of nitrogens with one attached hydrogen (secondary N) is 2. The van der Waals surface area contributed by atoms with Gasteiger partial charge >= 0.3 is 0 Å². The average Bonchev–Trinajstić information content (AvgIpc) is 3.18. The lowest BCUT2D eigenvalue weighted by Gasteiger charge is -2.32. The Morgan fingerprint density at radius 1 is 1.39 bits per heavy atom. The van der Waals surface area contributed by atoms with Crippen molar-refractivity contribution in [3.8, 4) is 11.5 Å². The maximum absolute atomic E-state index is 12.7. The summed E-state index contributed by atoms with van der Waals surface area (Å²) in [5.41, 5.74) is 6.21. The van der Waals surface area contributed by atoms with Crippen LogP contribution < -0.4 is 25.8 Å². The van der Waals surface area contributed by atoms with Gasteiger partial charge < -0.3 is 35.7 Å². The minimum Gasteiger partial charge on any atom is -0.493 e. The number of carbonyl (C=O) groups is 3. The number of anilines is 1. The van der Waals surface area contributed by atoms with E-state index >= 15 is 0 Å². The van der Waals surface area contributed by atoms with Gasteiger partial charge in [0.1, 0.15) is 11.6 Å². The number of carboxylic acid groups (broad SMARTS) is 1. The lowest BCUT2D eigenvalue weighted by atomic mass is 9.98. The fourth-order valence-corrected chi connectivity index (χ4v) is 3.45. The Morgan fingerprint density at radius 3 is 2.71 bits per heavy atom. The molecule has 168 valence electrons. The van der Waals surface area contributed by atoms with Gasteiger partial charge in [-0.15, -0.1) is 10.2 Å². The third kappa shape index (κ3) is 6.52. The van der Waals surface area contributed by atoms with Gasteiger partial charge in [-0.25, -0.2) is 0 Å². The van der Waals surface area contributed by atoms with Gasteiger partial charge in [0.15, 0.2) is 17.6 Å². The smallest absolute Gasteiger partial charge is 0.290 e. The summed E-state index contributed by atoms with van der Waals surface area (Å²) in [6.07, 6.45) is -0.379. The quantitative estimate of drug-likeness (QED) is 0.409. The van der Waals surface area contributed by atoms with Gasteiger partial charge in [0.05, 0.1) is 20.3 Å². The number of hydrogen-bond donors (Lipinski definition) is 4. The molecule has 0 radical (unpaired) electrons. The van der Waals surface area contributed by atoms with E-state index in [0.29, 0.717) is 35.2 Å². The number of nitrogen functional groups attached to an aromatic ring is 1. The third-order valence-corrected chi connectivity index (χ3v) is 4.97. The van der Waals surface area contributed by atoms with E-state index in [4.69, 9.17) is 29.8 Å². The summed E-state index contributed by atoms with van der Waals surface area (Å²) in [7, 11) is 3.05. The van der Waals surface area contributed by atoms with Crippen molar-refractivity contribution in [2.45, 2.75) is 18.6 Å². The van der Waals surface area contributed by atoms with Gasteiger partial charge in [-0.2, -0.15) is 0 Å². The molecule has 31 heavy (non-hydrogen) atoms. The summed E-state index contributed by atoms with van der Waals surface area (Å²) in [6, 6.07) is 4.52. The van der Waals surface area contributed by atoms with E-state index in [1.165, 1.54) is 25.6 Å². The van der Waals surface area contributed by atoms with E-state index in [-0.39, 0.29) is 24.9 Å². The molecule has 1 aliphatic heterocycles. The molecule has 0 bridgehead atoms. The summed E-state index contributed by atoms with van der Waals surface area (Å²) in [5, 5.41) is 21.3. The van der Waals surface area contributed by atoms with Crippen molar-refractivity contribution in [1.29, 1.82) is 0 Å². The summed E-state index contributed by atoms with van der Waals surface area (Å²) in [5.74, 6) is 0.407. The molecule has 12 nitrogen and oxygen atoms in total. The van der Waals surface area contributed by atoms with Crippen molar-refractivity contribution >= 4 is 34.8 Å². The van der Waals surface area contributed by atoms with Crippen LogP contribution in [0.15, 0.2) is 18.2 Å². The lowest BCUT2D eigenvalue weighted by Crippen LogP contribution is -2.52. The minimum absolute atomic E-state index is 0.186. The van der Waals surface area contributed by atoms with Crippen LogP contribution in [-0.2, 0) is 25.5 Å². The van der Waals surface area contributed by atoms with Gasteiger partial charge in [0.2, 0.25) is 11.0 Å². The Morgan fingerprint density at radius 2 is 2.10 bits per heavy atom. The van der Waals surface area contributed by atoms with Crippen molar-refractivity contribution < 1.29 is 33.7 Å². The van der Waals surface area contributed by atoms with Crippen LogP contribution in [-0.4, -0.2) is 67.1 Å². The number of morpholine rings is 1. The number of aromatic nitrogens is 2. The molecular formula is C18H23N5O7S. The second kappa shape index (κ2) is 11.7. The van der Waals surface area contributed by atoms with Crippen LogP contribution in [0.3, 0.4) is 0 Å². The molecule has 1 aromatic heterocycles. The first-order valence-electron chi connectivity index (χ1n) is 8.99. The maximum Gasteiger partial charge on any atom is 0.290 e. The molecule has 0 aliphatic carbocycles. The van der Waals surface area contributed by atoms with Gasteiger partial charge in [0, 0.05) is 13.0 Å². The molecule has 1 saturated heterocycles. The average molecular weight is 453 g/mol. The molecule has 0 unspecified atom stereocenters. The Kier molecular flexibility index (Phi) is 8.96. The monoisotopic (exact) mass is 453 g/mol. The van der Waals surface area contributed by atoms with E-state index in [1.54, 1.807) is 18.2 Å². The van der Waals surface area contributed by atoms with Crippen molar-refractivity contribution in [1.82, 2.24) is 20.8 Å². The summed E-state index contributed by atoms with van der Waals surface area (Å²) in [4.78, 5) is 32.9. The molecule has 1 aliphatic rings.